The van der Waals surface area contributed by atoms with Gasteiger partial charge < -0.3 is 14.0 Å². The molecule has 1 fully saturated rings. The second-order valence-electron chi connectivity index (χ2n) is 6.35. The van der Waals surface area contributed by atoms with E-state index in [1.807, 2.05) is 6.92 Å². The molecule has 1 atom stereocenters. The van der Waals surface area contributed by atoms with Gasteiger partial charge in [0.05, 0.1) is 17.3 Å². The van der Waals surface area contributed by atoms with Crippen LogP contribution in [0.5, 0.6) is 0 Å². The first kappa shape index (κ1) is 15.6. The van der Waals surface area contributed by atoms with Crippen LogP contribution < -0.4 is 5.46 Å². The standard InChI is InChI=1S/C16H25BO3/c1-7-18-12(2)13-8-10-14(11-9-13)17-19-15(3,4)16(5,6)20-17/h8-12H,7H2,1-6H3/t12-/m0/s1. The van der Waals surface area contributed by atoms with Gasteiger partial charge in [-0.15, -0.1) is 0 Å². The van der Waals surface area contributed by atoms with Gasteiger partial charge in [-0.25, -0.2) is 0 Å². The van der Waals surface area contributed by atoms with Crippen LogP contribution in [-0.4, -0.2) is 24.9 Å². The van der Waals surface area contributed by atoms with Gasteiger partial charge in [0.2, 0.25) is 0 Å². The van der Waals surface area contributed by atoms with Gasteiger partial charge in [-0.2, -0.15) is 0 Å². The summed E-state index contributed by atoms with van der Waals surface area (Å²) in [5, 5.41) is 0. The largest absolute Gasteiger partial charge is 0.494 e. The summed E-state index contributed by atoms with van der Waals surface area (Å²) in [4.78, 5) is 0. The van der Waals surface area contributed by atoms with Gasteiger partial charge in [0, 0.05) is 6.61 Å². The normalized spacial score (nSPS) is 22.0. The maximum Gasteiger partial charge on any atom is 0.494 e. The van der Waals surface area contributed by atoms with Gasteiger partial charge >= 0.3 is 7.12 Å². The first-order valence-electron chi connectivity index (χ1n) is 7.34. The molecule has 0 aliphatic carbocycles. The van der Waals surface area contributed by atoms with Crippen LogP contribution in [0.15, 0.2) is 24.3 Å². The molecular formula is C16H25BO3. The van der Waals surface area contributed by atoms with Crippen LogP contribution in [0.1, 0.15) is 53.2 Å². The van der Waals surface area contributed by atoms with E-state index in [1.165, 1.54) is 5.56 Å². The number of hydrogen-bond donors (Lipinski definition) is 0. The molecule has 0 aromatic heterocycles. The summed E-state index contributed by atoms with van der Waals surface area (Å²) in [6.07, 6.45) is 0.118. The molecule has 1 saturated heterocycles. The minimum Gasteiger partial charge on any atom is -0.399 e. The number of benzene rings is 1. The van der Waals surface area contributed by atoms with Crippen LogP contribution in [0, 0.1) is 0 Å². The molecule has 0 N–H and O–H groups in total. The molecule has 1 aliphatic rings. The molecule has 1 aromatic carbocycles. The zero-order valence-electron chi connectivity index (χ0n) is 13.4. The smallest absolute Gasteiger partial charge is 0.399 e. The minimum absolute atomic E-state index is 0.118. The topological polar surface area (TPSA) is 27.7 Å². The lowest BCUT2D eigenvalue weighted by atomic mass is 9.78. The minimum atomic E-state index is -0.297. The zero-order valence-corrected chi connectivity index (χ0v) is 13.4. The third-order valence-electron chi connectivity index (χ3n) is 4.35. The molecule has 2 rings (SSSR count). The summed E-state index contributed by atoms with van der Waals surface area (Å²) in [7, 11) is -0.295. The SMILES string of the molecule is CCO[C@@H](C)c1ccc(B2OC(C)(C)C(C)(C)O2)cc1. The van der Waals surface area contributed by atoms with Gasteiger partial charge in [-0.05, 0) is 52.6 Å². The first-order valence-corrected chi connectivity index (χ1v) is 7.34. The summed E-state index contributed by atoms with van der Waals surface area (Å²) < 4.78 is 17.7. The second-order valence-corrected chi connectivity index (χ2v) is 6.35. The van der Waals surface area contributed by atoms with E-state index in [0.717, 1.165) is 12.1 Å². The summed E-state index contributed by atoms with van der Waals surface area (Å²) in [6.45, 7) is 13.1. The fourth-order valence-electron chi connectivity index (χ4n) is 2.25. The molecule has 0 saturated carbocycles. The van der Waals surface area contributed by atoms with Crippen molar-refractivity contribution in [2.45, 2.75) is 58.8 Å². The maximum atomic E-state index is 6.04. The molecule has 0 spiro atoms. The van der Waals surface area contributed by atoms with Crippen molar-refractivity contribution in [1.29, 1.82) is 0 Å². The predicted octanol–water partition coefficient (Wildman–Crippen LogP) is 3.08. The highest BCUT2D eigenvalue weighted by Crippen LogP contribution is 2.36. The lowest BCUT2D eigenvalue weighted by Gasteiger charge is -2.32. The lowest BCUT2D eigenvalue weighted by Crippen LogP contribution is -2.41. The van der Waals surface area contributed by atoms with Gasteiger partial charge in [0.25, 0.3) is 0 Å². The van der Waals surface area contributed by atoms with Crippen LogP contribution in [0.3, 0.4) is 0 Å². The van der Waals surface area contributed by atoms with Crippen LogP contribution in [0.2, 0.25) is 0 Å². The van der Waals surface area contributed by atoms with Gasteiger partial charge in [-0.1, -0.05) is 24.3 Å². The quantitative estimate of drug-likeness (QED) is 0.791. The third kappa shape index (κ3) is 2.92. The molecule has 3 nitrogen and oxygen atoms in total. The van der Waals surface area contributed by atoms with E-state index in [1.54, 1.807) is 0 Å². The molecule has 0 unspecified atom stereocenters. The number of hydrogen-bond acceptors (Lipinski definition) is 3. The van der Waals surface area contributed by atoms with Gasteiger partial charge in [-0.3, -0.25) is 0 Å². The highest BCUT2D eigenvalue weighted by Gasteiger charge is 2.51. The van der Waals surface area contributed by atoms with Crippen molar-refractivity contribution in [3.8, 4) is 0 Å². The molecule has 1 aliphatic heterocycles. The van der Waals surface area contributed by atoms with E-state index in [9.17, 15) is 0 Å². The molecule has 1 heterocycles. The van der Waals surface area contributed by atoms with E-state index in [4.69, 9.17) is 14.0 Å². The van der Waals surface area contributed by atoms with Crippen molar-refractivity contribution in [3.63, 3.8) is 0 Å². The Morgan fingerprint density at radius 2 is 1.55 bits per heavy atom. The van der Waals surface area contributed by atoms with E-state index >= 15 is 0 Å². The van der Waals surface area contributed by atoms with Crippen LogP contribution in [0.25, 0.3) is 0 Å². The van der Waals surface area contributed by atoms with Gasteiger partial charge in [0.1, 0.15) is 0 Å². The first-order chi connectivity index (χ1) is 9.27. The molecule has 4 heteroatoms. The number of rotatable bonds is 4. The Kier molecular flexibility index (Phi) is 4.28. The maximum absolute atomic E-state index is 6.04. The molecule has 1 aromatic rings. The van der Waals surface area contributed by atoms with E-state index in [-0.39, 0.29) is 24.4 Å². The zero-order chi connectivity index (χ0) is 15.0. The molecular weight excluding hydrogens is 251 g/mol. The fourth-order valence-corrected chi connectivity index (χ4v) is 2.25. The average molecular weight is 276 g/mol. The van der Waals surface area contributed by atoms with Gasteiger partial charge in [0.15, 0.2) is 0 Å². The van der Waals surface area contributed by atoms with Crippen molar-refractivity contribution in [3.05, 3.63) is 29.8 Å². The molecule has 20 heavy (non-hydrogen) atoms. The van der Waals surface area contributed by atoms with E-state index in [0.29, 0.717) is 0 Å². The van der Waals surface area contributed by atoms with Crippen molar-refractivity contribution >= 4 is 12.6 Å². The molecule has 110 valence electrons. The van der Waals surface area contributed by atoms with Crippen molar-refractivity contribution in [1.82, 2.24) is 0 Å². The Bertz CT molecular complexity index is 437. The Balaban J connectivity index is 2.12. The van der Waals surface area contributed by atoms with Crippen molar-refractivity contribution < 1.29 is 14.0 Å². The Labute approximate surface area is 122 Å². The summed E-state index contributed by atoms with van der Waals surface area (Å²) >= 11 is 0. The van der Waals surface area contributed by atoms with E-state index in [2.05, 4.69) is 58.9 Å². The Hall–Kier alpha value is -0.835. The molecule has 0 radical (unpaired) electrons. The molecule has 0 amide bonds. The van der Waals surface area contributed by atoms with E-state index < -0.39 is 0 Å². The highest BCUT2D eigenvalue weighted by atomic mass is 16.7. The summed E-state index contributed by atoms with van der Waals surface area (Å²) in [5.74, 6) is 0. The van der Waals surface area contributed by atoms with Crippen LogP contribution in [0.4, 0.5) is 0 Å². The summed E-state index contributed by atoms with van der Waals surface area (Å²) in [6, 6.07) is 8.29. The number of ether oxygens (including phenoxy) is 1. The summed E-state index contributed by atoms with van der Waals surface area (Å²) in [5.41, 5.74) is 1.63. The second kappa shape index (κ2) is 5.51. The third-order valence-corrected chi connectivity index (χ3v) is 4.35. The van der Waals surface area contributed by atoms with Crippen molar-refractivity contribution in [2.24, 2.45) is 0 Å². The fraction of sp³-hybridized carbons (Fsp3) is 0.625. The average Bonchev–Trinajstić information content (AvgIpc) is 2.59. The van der Waals surface area contributed by atoms with Crippen LogP contribution in [-0.2, 0) is 14.0 Å². The lowest BCUT2D eigenvalue weighted by molar-refractivity contribution is 0.00578. The van der Waals surface area contributed by atoms with Crippen molar-refractivity contribution in [2.75, 3.05) is 6.61 Å². The monoisotopic (exact) mass is 276 g/mol. The Morgan fingerprint density at radius 1 is 1.05 bits per heavy atom. The highest BCUT2D eigenvalue weighted by molar-refractivity contribution is 6.62. The Morgan fingerprint density at radius 3 is 2.00 bits per heavy atom. The molecule has 0 bridgehead atoms. The van der Waals surface area contributed by atoms with Crippen LogP contribution >= 0.6 is 0 Å². The predicted molar refractivity (Wildman–Crippen MR) is 82.2 cm³/mol.